The average Bonchev–Trinajstić information content (AvgIpc) is 2.16. The van der Waals surface area contributed by atoms with Crippen LogP contribution in [0.15, 0.2) is 0 Å². The van der Waals surface area contributed by atoms with Crippen LogP contribution in [0.5, 0.6) is 0 Å². The lowest BCUT2D eigenvalue weighted by Crippen LogP contribution is -2.47. The smallest absolute Gasteiger partial charge is 0.134 e. The normalized spacial score (nSPS) is 39.3. The Morgan fingerprint density at radius 1 is 1.40 bits per heavy atom. The van der Waals surface area contributed by atoms with Gasteiger partial charge in [0.2, 0.25) is 0 Å². The number of nitriles is 1. The molecule has 2 saturated carbocycles. The third-order valence-electron chi connectivity index (χ3n) is 4.50. The maximum absolute atomic E-state index is 11.5. The molecule has 0 unspecified atom stereocenters. The highest BCUT2D eigenvalue weighted by atomic mass is 16.1. The summed E-state index contributed by atoms with van der Waals surface area (Å²) in [4.78, 5) is 11.5. The van der Waals surface area contributed by atoms with E-state index in [9.17, 15) is 10.1 Å². The molecule has 0 N–H and O–H groups in total. The molecule has 0 amide bonds. The van der Waals surface area contributed by atoms with Gasteiger partial charge in [0.05, 0.1) is 11.5 Å². The van der Waals surface area contributed by atoms with Gasteiger partial charge in [-0.3, -0.25) is 4.79 Å². The number of Topliss-reactive ketones (excluding diaryl/α,β-unsaturated/α-hetero) is 1. The second-order valence-electron chi connectivity index (χ2n) is 5.92. The summed E-state index contributed by atoms with van der Waals surface area (Å²) in [5.41, 5.74) is -0.0776. The monoisotopic (exact) mass is 205 g/mol. The Hall–Kier alpha value is -0.840. The first-order chi connectivity index (χ1) is 7.00. The fraction of sp³-hybridized carbons (Fsp3) is 0.846. The van der Waals surface area contributed by atoms with Gasteiger partial charge in [-0.1, -0.05) is 20.3 Å². The van der Waals surface area contributed by atoms with Crippen molar-refractivity contribution in [2.75, 3.05) is 0 Å². The Morgan fingerprint density at radius 2 is 2.13 bits per heavy atom. The number of nitrogens with zero attached hydrogens (tertiary/aromatic N) is 1. The van der Waals surface area contributed by atoms with Gasteiger partial charge in [-0.05, 0) is 30.6 Å². The maximum atomic E-state index is 11.5. The van der Waals surface area contributed by atoms with E-state index < -0.39 is 0 Å². The van der Waals surface area contributed by atoms with E-state index in [-0.39, 0.29) is 10.8 Å². The summed E-state index contributed by atoms with van der Waals surface area (Å²) in [5.74, 6) is 0.729. The number of hydrogen-bond acceptors (Lipinski definition) is 2. The van der Waals surface area contributed by atoms with E-state index in [1.807, 2.05) is 0 Å². The number of hydrogen-bond donors (Lipinski definition) is 0. The van der Waals surface area contributed by atoms with Gasteiger partial charge in [0.15, 0.2) is 0 Å². The van der Waals surface area contributed by atoms with Gasteiger partial charge < -0.3 is 0 Å². The van der Waals surface area contributed by atoms with Crippen molar-refractivity contribution in [3.63, 3.8) is 0 Å². The largest absolute Gasteiger partial charge is 0.300 e. The van der Waals surface area contributed by atoms with Crippen molar-refractivity contribution in [2.24, 2.45) is 16.7 Å². The number of carbonyl (C=O) groups is 1. The average molecular weight is 205 g/mol. The standard InChI is InChI=1S/C13H19NO/c1-12(2)6-3-7-13(9-14)8-10(15)4-5-11(12)13/h11H,3-8H2,1-2H3/t11-,13+/m1/s1. The molecule has 0 radical (unpaired) electrons. The number of fused-ring (bicyclic) bond motifs is 1. The van der Waals surface area contributed by atoms with Crippen LogP contribution in [0.3, 0.4) is 0 Å². The van der Waals surface area contributed by atoms with Crippen LogP contribution in [0.4, 0.5) is 0 Å². The minimum absolute atomic E-state index is 0.245. The molecule has 2 fully saturated rings. The van der Waals surface area contributed by atoms with Gasteiger partial charge in [0.1, 0.15) is 5.78 Å². The van der Waals surface area contributed by atoms with E-state index in [1.165, 1.54) is 6.42 Å². The van der Waals surface area contributed by atoms with Crippen LogP contribution in [0, 0.1) is 28.1 Å². The zero-order valence-corrected chi connectivity index (χ0v) is 9.68. The van der Waals surface area contributed by atoms with Crippen molar-refractivity contribution in [3.8, 4) is 6.07 Å². The first-order valence-electron chi connectivity index (χ1n) is 5.93. The summed E-state index contributed by atoms with van der Waals surface area (Å²) in [5, 5.41) is 9.42. The quantitative estimate of drug-likeness (QED) is 0.609. The zero-order chi connectivity index (χ0) is 11.1. The van der Waals surface area contributed by atoms with Crippen LogP contribution in [0.1, 0.15) is 52.4 Å². The molecule has 0 bridgehead atoms. The van der Waals surface area contributed by atoms with Crippen LogP contribution in [0.25, 0.3) is 0 Å². The summed E-state index contributed by atoms with van der Waals surface area (Å²) in [6.45, 7) is 4.53. The molecule has 0 saturated heterocycles. The second-order valence-corrected chi connectivity index (χ2v) is 5.92. The Morgan fingerprint density at radius 3 is 2.80 bits per heavy atom. The second kappa shape index (κ2) is 3.33. The highest BCUT2D eigenvalue weighted by Gasteiger charge is 2.52. The van der Waals surface area contributed by atoms with Crippen LogP contribution in [-0.2, 0) is 4.79 Å². The lowest BCUT2D eigenvalue weighted by atomic mass is 9.51. The molecule has 2 aliphatic carbocycles. The predicted octanol–water partition coefficient (Wildman–Crippen LogP) is 3.08. The van der Waals surface area contributed by atoms with Crippen molar-refractivity contribution in [3.05, 3.63) is 0 Å². The summed E-state index contributed by atoms with van der Waals surface area (Å²) in [6, 6.07) is 2.48. The highest BCUT2D eigenvalue weighted by Crippen LogP contribution is 2.56. The van der Waals surface area contributed by atoms with E-state index >= 15 is 0 Å². The van der Waals surface area contributed by atoms with Gasteiger partial charge in [0, 0.05) is 12.8 Å². The number of rotatable bonds is 0. The molecule has 0 spiro atoms. The summed E-state index contributed by atoms with van der Waals surface area (Å²) >= 11 is 0. The topological polar surface area (TPSA) is 40.9 Å². The third-order valence-corrected chi connectivity index (χ3v) is 4.50. The number of carbonyl (C=O) groups excluding carboxylic acids is 1. The molecule has 0 aromatic heterocycles. The Kier molecular flexibility index (Phi) is 2.37. The Balaban J connectivity index is 2.35. The summed E-state index contributed by atoms with van der Waals surface area (Å²) in [7, 11) is 0. The van der Waals surface area contributed by atoms with Crippen molar-refractivity contribution < 1.29 is 4.79 Å². The predicted molar refractivity (Wildman–Crippen MR) is 58.0 cm³/mol. The lowest BCUT2D eigenvalue weighted by molar-refractivity contribution is -0.128. The summed E-state index contributed by atoms with van der Waals surface area (Å²) in [6.07, 6.45) is 5.37. The van der Waals surface area contributed by atoms with Crippen LogP contribution < -0.4 is 0 Å². The molecule has 0 aromatic carbocycles. The molecule has 2 heteroatoms. The molecule has 2 nitrogen and oxygen atoms in total. The SMILES string of the molecule is CC1(C)CCC[C@@]2(C#N)CC(=O)CC[C@H]12. The first kappa shape index (κ1) is 10.7. The van der Waals surface area contributed by atoms with Gasteiger partial charge in [0.25, 0.3) is 0 Å². The van der Waals surface area contributed by atoms with E-state index in [4.69, 9.17) is 0 Å². The highest BCUT2D eigenvalue weighted by molar-refractivity contribution is 5.80. The van der Waals surface area contributed by atoms with Crippen molar-refractivity contribution >= 4 is 5.78 Å². The molecule has 2 rings (SSSR count). The van der Waals surface area contributed by atoms with E-state index in [0.29, 0.717) is 24.5 Å². The maximum Gasteiger partial charge on any atom is 0.134 e. The molecule has 2 aliphatic rings. The molecule has 2 atom stereocenters. The Bertz CT molecular complexity index is 326. The fourth-order valence-corrected chi connectivity index (χ4v) is 3.75. The molecular weight excluding hydrogens is 186 g/mol. The zero-order valence-electron chi connectivity index (χ0n) is 9.68. The third kappa shape index (κ3) is 1.58. The van der Waals surface area contributed by atoms with Crippen LogP contribution in [0.2, 0.25) is 0 Å². The van der Waals surface area contributed by atoms with E-state index in [0.717, 1.165) is 19.3 Å². The molecule has 82 valence electrons. The molecule has 15 heavy (non-hydrogen) atoms. The summed E-state index contributed by atoms with van der Waals surface area (Å²) < 4.78 is 0. The first-order valence-corrected chi connectivity index (χ1v) is 5.93. The molecule has 0 aromatic rings. The van der Waals surface area contributed by atoms with Gasteiger partial charge >= 0.3 is 0 Å². The van der Waals surface area contributed by atoms with Gasteiger partial charge in [-0.15, -0.1) is 0 Å². The van der Waals surface area contributed by atoms with E-state index in [1.54, 1.807) is 0 Å². The lowest BCUT2D eigenvalue weighted by Gasteiger charge is -2.51. The van der Waals surface area contributed by atoms with Crippen molar-refractivity contribution in [1.82, 2.24) is 0 Å². The van der Waals surface area contributed by atoms with Crippen molar-refractivity contribution in [1.29, 1.82) is 5.26 Å². The van der Waals surface area contributed by atoms with Crippen molar-refractivity contribution in [2.45, 2.75) is 52.4 Å². The van der Waals surface area contributed by atoms with Gasteiger partial charge in [-0.2, -0.15) is 5.26 Å². The fourth-order valence-electron chi connectivity index (χ4n) is 3.75. The molecule has 0 aliphatic heterocycles. The van der Waals surface area contributed by atoms with Crippen LogP contribution in [-0.4, -0.2) is 5.78 Å². The molecule has 0 heterocycles. The number of ketones is 1. The molecular formula is C13H19NO. The minimum Gasteiger partial charge on any atom is -0.300 e. The Labute approximate surface area is 91.7 Å². The van der Waals surface area contributed by atoms with E-state index in [2.05, 4.69) is 19.9 Å². The van der Waals surface area contributed by atoms with Crippen LogP contribution >= 0.6 is 0 Å². The minimum atomic E-state index is -0.322. The van der Waals surface area contributed by atoms with Gasteiger partial charge in [-0.25, -0.2) is 0 Å².